The van der Waals surface area contributed by atoms with Crippen molar-refractivity contribution >= 4 is 5.91 Å². The Hall–Kier alpha value is -1.09. The molecular weight excluding hydrogens is 226 g/mol. The summed E-state index contributed by atoms with van der Waals surface area (Å²) in [6.45, 7) is 9.65. The molecule has 0 rings (SSSR count). The molecule has 0 aromatic carbocycles. The summed E-state index contributed by atoms with van der Waals surface area (Å²) in [5, 5.41) is 9.54. The Morgan fingerprint density at radius 2 is 1.94 bits per heavy atom. The van der Waals surface area contributed by atoms with Crippen LogP contribution in [0.5, 0.6) is 0 Å². The van der Waals surface area contributed by atoms with Crippen molar-refractivity contribution in [2.24, 2.45) is 5.41 Å². The summed E-state index contributed by atoms with van der Waals surface area (Å²) in [7, 11) is 1.76. The van der Waals surface area contributed by atoms with Crippen molar-refractivity contribution < 1.29 is 9.90 Å². The number of rotatable bonds is 6. The highest BCUT2D eigenvalue weighted by molar-refractivity contribution is 5.82. The monoisotopic (exact) mass is 253 g/mol. The Kier molecular flexibility index (Phi) is 6.92. The number of likely N-dealkylation sites (N-methyl/N-ethyl adjacent to an activating group) is 1. The molecule has 1 N–H and O–H groups in total. The standard InChI is InChI=1S/C15H27NO2/c1-7-10-12(8-2)13(11-17)16(6)14(18)15(4,5)9-3/h7-8,10,13,17H,9,11H2,1-6H3/b10-7-,12-8+/t13-/m0/s1. The summed E-state index contributed by atoms with van der Waals surface area (Å²) in [5.41, 5.74) is 0.569. The highest BCUT2D eigenvalue weighted by atomic mass is 16.3. The molecule has 18 heavy (non-hydrogen) atoms. The van der Waals surface area contributed by atoms with Crippen LogP contribution in [-0.4, -0.2) is 35.6 Å². The van der Waals surface area contributed by atoms with Gasteiger partial charge in [-0.05, 0) is 25.8 Å². The fourth-order valence-corrected chi connectivity index (χ4v) is 1.81. The van der Waals surface area contributed by atoms with Gasteiger partial charge in [0.15, 0.2) is 0 Å². The number of carbonyl (C=O) groups is 1. The molecule has 0 aliphatic rings. The first-order valence-corrected chi connectivity index (χ1v) is 6.52. The van der Waals surface area contributed by atoms with Gasteiger partial charge in [0, 0.05) is 12.5 Å². The van der Waals surface area contributed by atoms with Crippen LogP contribution in [0.25, 0.3) is 0 Å². The topological polar surface area (TPSA) is 40.5 Å². The maximum Gasteiger partial charge on any atom is 0.228 e. The lowest BCUT2D eigenvalue weighted by Crippen LogP contribution is -2.46. The van der Waals surface area contributed by atoms with E-state index in [4.69, 9.17) is 0 Å². The molecule has 0 aliphatic carbocycles. The molecule has 3 nitrogen and oxygen atoms in total. The van der Waals surface area contributed by atoms with Crippen molar-refractivity contribution in [3.8, 4) is 0 Å². The van der Waals surface area contributed by atoms with Crippen LogP contribution in [0.2, 0.25) is 0 Å². The lowest BCUT2D eigenvalue weighted by atomic mass is 9.87. The number of amides is 1. The van der Waals surface area contributed by atoms with Crippen LogP contribution in [0.3, 0.4) is 0 Å². The number of hydrogen-bond acceptors (Lipinski definition) is 2. The molecule has 104 valence electrons. The lowest BCUT2D eigenvalue weighted by molar-refractivity contribution is -0.141. The van der Waals surface area contributed by atoms with Gasteiger partial charge in [-0.1, -0.05) is 39.0 Å². The summed E-state index contributed by atoms with van der Waals surface area (Å²) in [6.07, 6.45) is 6.57. The molecule has 1 atom stereocenters. The maximum atomic E-state index is 12.4. The molecule has 1 amide bonds. The predicted octanol–water partition coefficient (Wildman–Crippen LogP) is 2.76. The highest BCUT2D eigenvalue weighted by Crippen LogP contribution is 2.25. The molecule has 0 heterocycles. The SMILES string of the molecule is C/C=C\C(=C/C)[C@H](CO)N(C)C(=O)C(C)(C)CC. The van der Waals surface area contributed by atoms with Gasteiger partial charge in [-0.25, -0.2) is 0 Å². The molecule has 0 radical (unpaired) electrons. The van der Waals surface area contributed by atoms with Gasteiger partial charge in [-0.3, -0.25) is 4.79 Å². The van der Waals surface area contributed by atoms with Crippen molar-refractivity contribution in [2.45, 2.75) is 47.1 Å². The third kappa shape index (κ3) is 3.98. The van der Waals surface area contributed by atoms with E-state index in [2.05, 4.69) is 0 Å². The van der Waals surface area contributed by atoms with Crippen LogP contribution in [0.15, 0.2) is 23.8 Å². The van der Waals surface area contributed by atoms with Crippen LogP contribution in [0, 0.1) is 5.41 Å². The number of aliphatic hydroxyl groups excluding tert-OH is 1. The minimum absolute atomic E-state index is 0.0629. The Balaban J connectivity index is 5.14. The van der Waals surface area contributed by atoms with Gasteiger partial charge >= 0.3 is 0 Å². The van der Waals surface area contributed by atoms with E-state index in [-0.39, 0.29) is 18.6 Å². The minimum atomic E-state index is -0.392. The Bertz CT molecular complexity index is 329. The second-order valence-corrected chi connectivity index (χ2v) is 5.14. The van der Waals surface area contributed by atoms with E-state index >= 15 is 0 Å². The number of carbonyl (C=O) groups excluding carboxylic acids is 1. The maximum absolute atomic E-state index is 12.4. The Labute approximate surface area is 111 Å². The summed E-state index contributed by atoms with van der Waals surface area (Å²) in [6, 6.07) is -0.274. The number of aliphatic hydroxyl groups is 1. The zero-order valence-corrected chi connectivity index (χ0v) is 12.5. The van der Waals surface area contributed by atoms with Crippen LogP contribution < -0.4 is 0 Å². The first-order valence-electron chi connectivity index (χ1n) is 6.52. The molecule has 0 saturated heterocycles. The molecule has 0 bridgehead atoms. The summed E-state index contributed by atoms with van der Waals surface area (Å²) < 4.78 is 0. The number of allylic oxidation sites excluding steroid dienone is 2. The number of hydrogen-bond donors (Lipinski definition) is 1. The van der Waals surface area contributed by atoms with Crippen LogP contribution in [0.4, 0.5) is 0 Å². The molecule has 0 aromatic heterocycles. The molecule has 0 spiro atoms. The fourth-order valence-electron chi connectivity index (χ4n) is 1.81. The first-order chi connectivity index (χ1) is 8.35. The van der Waals surface area contributed by atoms with E-state index in [0.717, 1.165) is 12.0 Å². The van der Waals surface area contributed by atoms with Gasteiger partial charge < -0.3 is 10.0 Å². The molecule has 0 fully saturated rings. The third-order valence-electron chi connectivity index (χ3n) is 3.50. The highest BCUT2D eigenvalue weighted by Gasteiger charge is 2.32. The summed E-state index contributed by atoms with van der Waals surface area (Å²) in [5.74, 6) is 0.0629. The molecule has 0 saturated carbocycles. The predicted molar refractivity (Wildman–Crippen MR) is 76.3 cm³/mol. The van der Waals surface area contributed by atoms with E-state index in [1.54, 1.807) is 11.9 Å². The normalized spacial score (nSPS) is 14.9. The summed E-state index contributed by atoms with van der Waals surface area (Å²) in [4.78, 5) is 14.0. The van der Waals surface area contributed by atoms with Crippen molar-refractivity contribution in [3.63, 3.8) is 0 Å². The van der Waals surface area contributed by atoms with Crippen molar-refractivity contribution in [3.05, 3.63) is 23.8 Å². The van der Waals surface area contributed by atoms with Gasteiger partial charge in [0.25, 0.3) is 0 Å². The zero-order valence-electron chi connectivity index (χ0n) is 12.5. The number of nitrogens with zero attached hydrogens (tertiary/aromatic N) is 1. The van der Waals surface area contributed by atoms with Gasteiger partial charge in [0.1, 0.15) is 0 Å². The Morgan fingerprint density at radius 3 is 2.28 bits per heavy atom. The zero-order chi connectivity index (χ0) is 14.3. The van der Waals surface area contributed by atoms with Gasteiger partial charge in [0.2, 0.25) is 5.91 Å². The van der Waals surface area contributed by atoms with Crippen molar-refractivity contribution in [1.29, 1.82) is 0 Å². The first kappa shape index (κ1) is 16.9. The second kappa shape index (κ2) is 7.37. The lowest BCUT2D eigenvalue weighted by Gasteiger charge is -2.34. The quantitative estimate of drug-likeness (QED) is 0.739. The molecule has 0 unspecified atom stereocenters. The van der Waals surface area contributed by atoms with Crippen LogP contribution in [-0.2, 0) is 4.79 Å². The van der Waals surface area contributed by atoms with E-state index in [1.807, 2.05) is 52.8 Å². The van der Waals surface area contributed by atoms with E-state index in [9.17, 15) is 9.90 Å². The third-order valence-corrected chi connectivity index (χ3v) is 3.50. The minimum Gasteiger partial charge on any atom is -0.394 e. The van der Waals surface area contributed by atoms with E-state index < -0.39 is 5.41 Å². The largest absolute Gasteiger partial charge is 0.394 e. The summed E-state index contributed by atoms with van der Waals surface area (Å²) >= 11 is 0. The van der Waals surface area contributed by atoms with E-state index in [0.29, 0.717) is 0 Å². The van der Waals surface area contributed by atoms with Gasteiger partial charge in [-0.2, -0.15) is 0 Å². The van der Waals surface area contributed by atoms with Crippen molar-refractivity contribution in [1.82, 2.24) is 4.90 Å². The van der Waals surface area contributed by atoms with Crippen molar-refractivity contribution in [2.75, 3.05) is 13.7 Å². The fraction of sp³-hybridized carbons (Fsp3) is 0.667. The smallest absolute Gasteiger partial charge is 0.228 e. The molecule has 0 aromatic rings. The second-order valence-electron chi connectivity index (χ2n) is 5.14. The average molecular weight is 253 g/mol. The van der Waals surface area contributed by atoms with Gasteiger partial charge in [0.05, 0.1) is 12.6 Å². The molecule has 0 aliphatic heterocycles. The Morgan fingerprint density at radius 1 is 1.39 bits per heavy atom. The molecular formula is C15H27NO2. The van der Waals surface area contributed by atoms with Gasteiger partial charge in [-0.15, -0.1) is 0 Å². The van der Waals surface area contributed by atoms with Crippen LogP contribution in [0.1, 0.15) is 41.0 Å². The average Bonchev–Trinajstić information content (AvgIpc) is 2.37. The van der Waals surface area contributed by atoms with Crippen LogP contribution >= 0.6 is 0 Å². The molecule has 3 heteroatoms. The van der Waals surface area contributed by atoms with E-state index in [1.165, 1.54) is 0 Å².